The number of hydrogen-bond acceptors (Lipinski definition) is 2. The minimum atomic E-state index is 0. The van der Waals surface area contributed by atoms with Gasteiger partial charge in [0.15, 0.2) is 0 Å². The molecule has 0 radical (unpaired) electrons. The molecule has 1 aliphatic heterocycles. The number of aliphatic imine (C=N–C) groups is 1. The van der Waals surface area contributed by atoms with E-state index in [0.717, 1.165) is 13.1 Å². The van der Waals surface area contributed by atoms with E-state index in [-0.39, 0.29) is 38.2 Å². The first-order valence-corrected chi connectivity index (χ1v) is 1.72. The molecule has 0 saturated carbocycles. The van der Waals surface area contributed by atoms with Crippen LogP contribution < -0.4 is 5.32 Å². The van der Waals surface area contributed by atoms with Crippen molar-refractivity contribution in [1.29, 1.82) is 0 Å². The van der Waals surface area contributed by atoms with Crippen LogP contribution in [0.1, 0.15) is 0 Å². The van der Waals surface area contributed by atoms with Crippen molar-refractivity contribution >= 4 is 6.34 Å². The van der Waals surface area contributed by atoms with Crippen LogP contribution in [0, 0.1) is 38.2 Å². The van der Waals surface area contributed by atoms with Gasteiger partial charge in [-0.15, -0.1) is 0 Å². The summed E-state index contributed by atoms with van der Waals surface area (Å²) < 4.78 is 0. The predicted octanol–water partition coefficient (Wildman–Crippen LogP) is -0.382. The van der Waals surface area contributed by atoms with Crippen LogP contribution in [0.25, 0.3) is 0 Å². The maximum atomic E-state index is 3.85. The number of nitrogens with one attached hydrogen (secondary N) is 1. The second kappa shape index (κ2) is 3.92. The molecule has 38 valence electrons. The third kappa shape index (κ3) is 2.01. The van der Waals surface area contributed by atoms with Crippen LogP contribution in [0.4, 0.5) is 0 Å². The molecule has 0 unspecified atom stereocenters. The summed E-state index contributed by atoms with van der Waals surface area (Å²) in [6, 6.07) is 0. The molecule has 1 aliphatic rings. The molecule has 0 aliphatic carbocycles. The predicted molar refractivity (Wildman–Crippen MR) is 21.4 cm³/mol. The van der Waals surface area contributed by atoms with Crippen LogP contribution in [-0.2, 0) is 0 Å². The first-order valence-electron chi connectivity index (χ1n) is 1.72. The molecule has 0 saturated heterocycles. The fraction of sp³-hybridized carbons (Fsp3) is 0.667. The average Bonchev–Trinajstić information content (AvgIpc) is 1.76. The van der Waals surface area contributed by atoms with Crippen molar-refractivity contribution in [2.24, 2.45) is 4.99 Å². The monoisotopic (exact) mass is 234 g/mol. The molecule has 0 aromatic carbocycles. The Morgan fingerprint density at radius 2 is 2.50 bits per heavy atom. The van der Waals surface area contributed by atoms with E-state index in [1.165, 1.54) is 0 Å². The second-order valence-corrected chi connectivity index (χ2v) is 0.989. The summed E-state index contributed by atoms with van der Waals surface area (Å²) in [6.45, 7) is 1.99. The molecule has 1 heterocycles. The molecule has 0 amide bonds. The van der Waals surface area contributed by atoms with Gasteiger partial charge in [-0.25, -0.2) is 0 Å². The summed E-state index contributed by atoms with van der Waals surface area (Å²) in [5, 5.41) is 2.93. The van der Waals surface area contributed by atoms with Gasteiger partial charge in [-0.1, -0.05) is 0 Å². The number of rotatable bonds is 0. The normalized spacial score (nSPS) is 16.0. The van der Waals surface area contributed by atoms with E-state index in [4.69, 9.17) is 0 Å². The second-order valence-electron chi connectivity index (χ2n) is 0.989. The zero-order valence-corrected chi connectivity index (χ0v) is 5.28. The van der Waals surface area contributed by atoms with Crippen molar-refractivity contribution in [1.82, 2.24) is 5.32 Å². The first kappa shape index (κ1) is 6.74. The number of hydrogen-bond donors (Lipinski definition) is 1. The molecule has 0 atom stereocenters. The molecular weight excluding hydrogens is 227 g/mol. The zero-order valence-electron chi connectivity index (χ0n) is 3.26. The average molecular weight is 233 g/mol. The van der Waals surface area contributed by atoms with Crippen molar-refractivity contribution in [2.45, 2.75) is 0 Å². The third-order valence-electron chi connectivity index (χ3n) is 0.568. The van der Waals surface area contributed by atoms with Gasteiger partial charge in [0.05, 0.1) is 12.9 Å². The fourth-order valence-corrected chi connectivity index (χ4v) is 0.323. The van der Waals surface area contributed by atoms with Gasteiger partial charge in [-0.05, 0) is 0 Å². The zero-order chi connectivity index (χ0) is 3.54. The summed E-state index contributed by atoms with van der Waals surface area (Å²) in [5.74, 6) is 0. The van der Waals surface area contributed by atoms with Gasteiger partial charge < -0.3 is 5.32 Å². The van der Waals surface area contributed by atoms with Gasteiger partial charge in [-0.2, -0.15) is 0 Å². The Kier molecular flexibility index (Phi) is 4.40. The summed E-state index contributed by atoms with van der Waals surface area (Å²) in [5.41, 5.74) is 0. The van der Waals surface area contributed by atoms with Crippen molar-refractivity contribution in [3.8, 4) is 0 Å². The Morgan fingerprint density at radius 1 is 1.67 bits per heavy atom. The molecule has 0 aromatic rings. The smallest absolute Gasteiger partial charge is 0.0825 e. The van der Waals surface area contributed by atoms with Crippen LogP contribution in [0.15, 0.2) is 4.99 Å². The molecule has 2 nitrogen and oxygen atoms in total. The largest absolute Gasteiger partial charge is 0.375 e. The minimum Gasteiger partial charge on any atom is -0.375 e. The first-order chi connectivity index (χ1) is 2.50. The molecule has 3 heteroatoms. The van der Waals surface area contributed by atoms with E-state index in [2.05, 4.69) is 10.3 Å². The maximum absolute atomic E-state index is 3.85. The molecule has 1 N–H and O–H groups in total. The van der Waals surface area contributed by atoms with E-state index in [1.54, 1.807) is 6.34 Å². The minimum absolute atomic E-state index is 0. The van der Waals surface area contributed by atoms with E-state index in [0.29, 0.717) is 0 Å². The Morgan fingerprint density at radius 3 is 2.67 bits per heavy atom. The van der Waals surface area contributed by atoms with E-state index < -0.39 is 0 Å². The van der Waals surface area contributed by atoms with Crippen LogP contribution in [-0.4, -0.2) is 19.4 Å². The van der Waals surface area contributed by atoms with Crippen molar-refractivity contribution < 1.29 is 38.2 Å². The van der Waals surface area contributed by atoms with E-state index in [9.17, 15) is 0 Å². The molecule has 0 fully saturated rings. The molecule has 0 aromatic heterocycles. The Balaban J connectivity index is 0.000000250. The van der Waals surface area contributed by atoms with E-state index >= 15 is 0 Å². The van der Waals surface area contributed by atoms with Gasteiger partial charge in [0, 0.05) is 44.7 Å². The fourth-order valence-electron chi connectivity index (χ4n) is 0.323. The summed E-state index contributed by atoms with van der Waals surface area (Å²) in [7, 11) is 0. The van der Waals surface area contributed by atoms with Crippen molar-refractivity contribution in [3.05, 3.63) is 0 Å². The van der Waals surface area contributed by atoms with Crippen molar-refractivity contribution in [2.75, 3.05) is 13.1 Å². The molecule has 0 spiro atoms. The molecule has 6 heavy (non-hydrogen) atoms. The molecule has 1 rings (SSSR count). The maximum Gasteiger partial charge on any atom is 0.0825 e. The Bertz CT molecular complexity index is 46.8. The van der Waals surface area contributed by atoms with Gasteiger partial charge in [0.25, 0.3) is 0 Å². The van der Waals surface area contributed by atoms with E-state index in [1.807, 2.05) is 0 Å². The summed E-state index contributed by atoms with van der Waals surface area (Å²) in [6.07, 6.45) is 1.74. The summed E-state index contributed by atoms with van der Waals surface area (Å²) in [4.78, 5) is 3.85. The standard InChI is InChI=1S/C3H6N2.Dy/c1-2-5-3-4-1;/h3H,1-2H2,(H,4,5);. The van der Waals surface area contributed by atoms with Gasteiger partial charge in [-0.3, -0.25) is 4.99 Å². The van der Waals surface area contributed by atoms with Crippen LogP contribution >= 0.6 is 0 Å². The third-order valence-corrected chi connectivity index (χ3v) is 0.568. The SMILES string of the molecule is C1=NCCN1.[Dy]. The van der Waals surface area contributed by atoms with Crippen molar-refractivity contribution in [3.63, 3.8) is 0 Å². The number of nitrogens with zero attached hydrogens (tertiary/aromatic N) is 1. The topological polar surface area (TPSA) is 24.4 Å². The summed E-state index contributed by atoms with van der Waals surface area (Å²) >= 11 is 0. The van der Waals surface area contributed by atoms with Crippen LogP contribution in [0.2, 0.25) is 0 Å². The van der Waals surface area contributed by atoms with Gasteiger partial charge >= 0.3 is 0 Å². The van der Waals surface area contributed by atoms with Gasteiger partial charge in [0.1, 0.15) is 0 Å². The quantitative estimate of drug-likeness (QED) is 0.605. The molecular formula is C3H6DyN2. The van der Waals surface area contributed by atoms with Crippen LogP contribution in [0.3, 0.4) is 0 Å². The molecule has 0 bridgehead atoms. The Labute approximate surface area is 67.4 Å². The van der Waals surface area contributed by atoms with Crippen LogP contribution in [0.5, 0.6) is 0 Å². The van der Waals surface area contributed by atoms with Gasteiger partial charge in [0.2, 0.25) is 0 Å². The Hall–Kier alpha value is 0.743.